The number of amides is 1. The Labute approximate surface area is 128 Å². The molecule has 0 heterocycles. The zero-order valence-corrected chi connectivity index (χ0v) is 12.4. The summed E-state index contributed by atoms with van der Waals surface area (Å²) in [6, 6.07) is 11.0. The van der Waals surface area contributed by atoms with E-state index in [0.717, 1.165) is 0 Å². The molecular formula is C14H9BrClNO3. The van der Waals surface area contributed by atoms with Crippen LogP contribution in [0, 0.1) is 0 Å². The Morgan fingerprint density at radius 3 is 2.50 bits per heavy atom. The van der Waals surface area contributed by atoms with Crippen LogP contribution < -0.4 is 5.32 Å². The third-order valence-corrected chi connectivity index (χ3v) is 3.51. The highest BCUT2D eigenvalue weighted by Gasteiger charge is 2.15. The third-order valence-electron chi connectivity index (χ3n) is 2.58. The predicted octanol–water partition coefficient (Wildman–Crippen LogP) is 4.05. The van der Waals surface area contributed by atoms with Crippen LogP contribution in [0.1, 0.15) is 20.7 Å². The summed E-state index contributed by atoms with van der Waals surface area (Å²) in [5, 5.41) is 12.1. The molecule has 2 N–H and O–H groups in total. The molecule has 1 amide bonds. The van der Waals surface area contributed by atoms with Crippen LogP contribution in [0.15, 0.2) is 46.9 Å². The lowest BCUT2D eigenvalue weighted by atomic mass is 10.1. The van der Waals surface area contributed by atoms with Gasteiger partial charge in [0.05, 0.1) is 16.8 Å². The lowest BCUT2D eigenvalue weighted by Gasteiger charge is -2.09. The highest BCUT2D eigenvalue weighted by Crippen LogP contribution is 2.23. The molecule has 0 unspecified atom stereocenters. The molecule has 0 aliphatic rings. The molecule has 0 radical (unpaired) electrons. The average molecular weight is 355 g/mol. The van der Waals surface area contributed by atoms with Crippen molar-refractivity contribution < 1.29 is 14.7 Å². The summed E-state index contributed by atoms with van der Waals surface area (Å²) < 4.78 is 0.576. The van der Waals surface area contributed by atoms with Gasteiger partial charge in [-0.1, -0.05) is 23.7 Å². The SMILES string of the molecule is O=C(Nc1ccccc1C(=O)O)c1cc(Cl)ccc1Br. The van der Waals surface area contributed by atoms with E-state index < -0.39 is 11.9 Å². The standard InChI is InChI=1S/C14H9BrClNO3/c15-11-6-5-8(16)7-10(11)13(18)17-12-4-2-1-3-9(12)14(19)20/h1-7H,(H,17,18)(H,19,20). The van der Waals surface area contributed by atoms with Gasteiger partial charge < -0.3 is 10.4 Å². The number of nitrogens with one attached hydrogen (secondary N) is 1. The van der Waals surface area contributed by atoms with Gasteiger partial charge in [0.2, 0.25) is 0 Å². The maximum absolute atomic E-state index is 12.2. The first kappa shape index (κ1) is 14.6. The number of hydrogen-bond donors (Lipinski definition) is 2. The first-order valence-electron chi connectivity index (χ1n) is 5.58. The van der Waals surface area contributed by atoms with Gasteiger partial charge in [-0.2, -0.15) is 0 Å². The van der Waals surface area contributed by atoms with Crippen LogP contribution in [0.25, 0.3) is 0 Å². The fraction of sp³-hybridized carbons (Fsp3) is 0. The highest BCUT2D eigenvalue weighted by molar-refractivity contribution is 9.10. The number of halogens is 2. The molecule has 20 heavy (non-hydrogen) atoms. The Morgan fingerprint density at radius 1 is 1.10 bits per heavy atom. The van der Waals surface area contributed by atoms with Gasteiger partial charge in [0.1, 0.15) is 0 Å². The molecule has 0 aromatic heterocycles. The van der Waals surface area contributed by atoms with E-state index in [4.69, 9.17) is 16.7 Å². The van der Waals surface area contributed by atoms with Crippen molar-refractivity contribution in [2.45, 2.75) is 0 Å². The van der Waals surface area contributed by atoms with Gasteiger partial charge in [0, 0.05) is 9.50 Å². The van der Waals surface area contributed by atoms with Crippen molar-refractivity contribution in [1.82, 2.24) is 0 Å². The minimum atomic E-state index is -1.11. The highest BCUT2D eigenvalue weighted by atomic mass is 79.9. The van der Waals surface area contributed by atoms with Crippen molar-refractivity contribution in [1.29, 1.82) is 0 Å². The van der Waals surface area contributed by atoms with Gasteiger partial charge in [-0.05, 0) is 46.3 Å². The maximum Gasteiger partial charge on any atom is 0.337 e. The lowest BCUT2D eigenvalue weighted by Crippen LogP contribution is -2.15. The molecule has 2 aromatic rings. The third kappa shape index (κ3) is 3.18. The number of carboxylic acid groups (broad SMARTS) is 1. The first-order valence-corrected chi connectivity index (χ1v) is 6.75. The molecule has 2 rings (SSSR count). The van der Waals surface area contributed by atoms with Gasteiger partial charge in [-0.3, -0.25) is 4.79 Å². The van der Waals surface area contributed by atoms with Crippen LogP contribution in [-0.4, -0.2) is 17.0 Å². The molecule has 4 nitrogen and oxygen atoms in total. The fourth-order valence-corrected chi connectivity index (χ4v) is 2.24. The van der Waals surface area contributed by atoms with Crippen LogP contribution in [-0.2, 0) is 0 Å². The zero-order chi connectivity index (χ0) is 14.7. The van der Waals surface area contributed by atoms with Crippen molar-refractivity contribution >= 4 is 45.1 Å². The van der Waals surface area contributed by atoms with Crippen molar-refractivity contribution in [3.8, 4) is 0 Å². The number of carboxylic acids is 1. The fourth-order valence-electron chi connectivity index (χ4n) is 1.64. The number of benzene rings is 2. The number of aromatic carboxylic acids is 1. The molecule has 6 heteroatoms. The van der Waals surface area contributed by atoms with E-state index in [9.17, 15) is 9.59 Å². The molecule has 0 saturated carbocycles. The maximum atomic E-state index is 12.2. The molecule has 0 bridgehead atoms. The van der Waals surface area contributed by atoms with E-state index in [0.29, 0.717) is 15.1 Å². The van der Waals surface area contributed by atoms with Crippen molar-refractivity contribution in [2.75, 3.05) is 5.32 Å². The minimum Gasteiger partial charge on any atom is -0.478 e. The Morgan fingerprint density at radius 2 is 1.80 bits per heavy atom. The molecule has 0 saturated heterocycles. The summed E-state index contributed by atoms with van der Waals surface area (Å²) in [4.78, 5) is 23.2. The van der Waals surface area contributed by atoms with Crippen LogP contribution in [0.3, 0.4) is 0 Å². The molecule has 0 spiro atoms. The molecule has 0 atom stereocenters. The molecule has 0 fully saturated rings. The second kappa shape index (κ2) is 6.07. The van der Waals surface area contributed by atoms with Crippen molar-refractivity contribution in [3.63, 3.8) is 0 Å². The number of rotatable bonds is 3. The van der Waals surface area contributed by atoms with Gasteiger partial charge in [0.15, 0.2) is 0 Å². The van der Waals surface area contributed by atoms with Crippen LogP contribution >= 0.6 is 27.5 Å². The number of para-hydroxylation sites is 1. The van der Waals surface area contributed by atoms with Crippen LogP contribution in [0.2, 0.25) is 5.02 Å². The predicted molar refractivity (Wildman–Crippen MR) is 80.5 cm³/mol. The lowest BCUT2D eigenvalue weighted by molar-refractivity contribution is 0.0698. The zero-order valence-electron chi connectivity index (χ0n) is 10.1. The number of anilines is 1. The summed E-state index contributed by atoms with van der Waals surface area (Å²) in [6.45, 7) is 0. The topological polar surface area (TPSA) is 66.4 Å². The normalized spacial score (nSPS) is 10.1. The van der Waals surface area contributed by atoms with Crippen molar-refractivity contribution in [3.05, 3.63) is 63.1 Å². The van der Waals surface area contributed by atoms with E-state index in [-0.39, 0.29) is 11.3 Å². The van der Waals surface area contributed by atoms with E-state index >= 15 is 0 Å². The Balaban J connectivity index is 2.33. The smallest absolute Gasteiger partial charge is 0.337 e. The van der Waals surface area contributed by atoms with Gasteiger partial charge in [-0.25, -0.2) is 4.79 Å². The molecule has 0 aliphatic carbocycles. The second-order valence-electron chi connectivity index (χ2n) is 3.93. The molecular weight excluding hydrogens is 346 g/mol. The Hall–Kier alpha value is -1.85. The summed E-state index contributed by atoms with van der Waals surface area (Å²) >= 11 is 9.11. The van der Waals surface area contributed by atoms with Gasteiger partial charge in [0.25, 0.3) is 5.91 Å². The summed E-state index contributed by atoms with van der Waals surface area (Å²) in [6.07, 6.45) is 0. The van der Waals surface area contributed by atoms with E-state index in [2.05, 4.69) is 21.2 Å². The Bertz CT molecular complexity index is 688. The number of carbonyl (C=O) groups excluding carboxylic acids is 1. The van der Waals surface area contributed by atoms with Gasteiger partial charge in [-0.15, -0.1) is 0 Å². The van der Waals surface area contributed by atoms with E-state index in [1.807, 2.05) is 0 Å². The van der Waals surface area contributed by atoms with Gasteiger partial charge >= 0.3 is 5.97 Å². The summed E-state index contributed by atoms with van der Waals surface area (Å²) in [7, 11) is 0. The van der Waals surface area contributed by atoms with E-state index in [1.165, 1.54) is 18.2 Å². The summed E-state index contributed by atoms with van der Waals surface area (Å²) in [5.41, 5.74) is 0.591. The quantitative estimate of drug-likeness (QED) is 0.874. The Kier molecular flexibility index (Phi) is 4.42. The monoisotopic (exact) mass is 353 g/mol. The number of hydrogen-bond acceptors (Lipinski definition) is 2. The van der Waals surface area contributed by atoms with Crippen LogP contribution in [0.4, 0.5) is 5.69 Å². The molecule has 0 aliphatic heterocycles. The summed E-state index contributed by atoms with van der Waals surface area (Å²) in [5.74, 6) is -1.54. The van der Waals surface area contributed by atoms with E-state index in [1.54, 1.807) is 24.3 Å². The largest absolute Gasteiger partial charge is 0.478 e. The molecule has 102 valence electrons. The molecule has 2 aromatic carbocycles. The van der Waals surface area contributed by atoms with Crippen LogP contribution in [0.5, 0.6) is 0 Å². The first-order chi connectivity index (χ1) is 9.49. The second-order valence-corrected chi connectivity index (χ2v) is 5.22. The number of carbonyl (C=O) groups is 2. The van der Waals surface area contributed by atoms with Crippen molar-refractivity contribution in [2.24, 2.45) is 0 Å². The minimum absolute atomic E-state index is 0.0269. The average Bonchev–Trinajstić information content (AvgIpc) is 2.41.